The highest BCUT2D eigenvalue weighted by atomic mass is 16.2. The molecule has 110 valence electrons. The van der Waals surface area contributed by atoms with E-state index in [0.29, 0.717) is 11.8 Å². The van der Waals surface area contributed by atoms with E-state index < -0.39 is 5.54 Å². The summed E-state index contributed by atoms with van der Waals surface area (Å²) in [5.41, 5.74) is 5.73. The molecule has 2 aliphatic carbocycles. The smallest absolute Gasteiger partial charge is 0.240 e. The first-order chi connectivity index (χ1) is 9.01. The highest BCUT2D eigenvalue weighted by molar-refractivity contribution is 5.86. The molecule has 0 heterocycles. The minimum Gasteiger partial charge on any atom is -0.354 e. The van der Waals surface area contributed by atoms with Gasteiger partial charge in [-0.25, -0.2) is 0 Å². The zero-order valence-corrected chi connectivity index (χ0v) is 12.6. The fourth-order valence-electron chi connectivity index (χ4n) is 3.89. The van der Waals surface area contributed by atoms with Crippen LogP contribution in [0.5, 0.6) is 0 Å². The lowest BCUT2D eigenvalue weighted by Gasteiger charge is -2.36. The Labute approximate surface area is 117 Å². The van der Waals surface area contributed by atoms with E-state index in [-0.39, 0.29) is 5.91 Å². The van der Waals surface area contributed by atoms with Crippen molar-refractivity contribution in [1.82, 2.24) is 5.32 Å². The standard InChI is InChI=1S/C16H30N2O/c1-12-6-5-9-16(17,10-12)15(19)18-11-14-8-4-3-7-13(14)2/h12-14H,3-11,17H2,1-2H3,(H,18,19). The van der Waals surface area contributed by atoms with Gasteiger partial charge in [0.05, 0.1) is 5.54 Å². The summed E-state index contributed by atoms with van der Waals surface area (Å²) in [4.78, 5) is 12.4. The van der Waals surface area contributed by atoms with Crippen molar-refractivity contribution in [2.45, 2.75) is 70.8 Å². The molecule has 3 N–H and O–H groups in total. The second-order valence-electron chi connectivity index (χ2n) is 7.09. The number of amides is 1. The molecule has 0 aromatic rings. The average molecular weight is 266 g/mol. The summed E-state index contributed by atoms with van der Waals surface area (Å²) in [7, 11) is 0. The van der Waals surface area contributed by atoms with Crippen molar-refractivity contribution in [1.29, 1.82) is 0 Å². The van der Waals surface area contributed by atoms with E-state index in [1.54, 1.807) is 0 Å². The average Bonchev–Trinajstić information content (AvgIpc) is 2.37. The normalized spacial score (nSPS) is 39.8. The highest BCUT2D eigenvalue weighted by Gasteiger charge is 2.38. The van der Waals surface area contributed by atoms with Crippen LogP contribution in [0.4, 0.5) is 0 Å². The second-order valence-corrected chi connectivity index (χ2v) is 7.09. The van der Waals surface area contributed by atoms with Crippen LogP contribution < -0.4 is 11.1 Å². The molecule has 2 fully saturated rings. The molecule has 4 unspecified atom stereocenters. The predicted octanol–water partition coefficient (Wildman–Crippen LogP) is 2.84. The summed E-state index contributed by atoms with van der Waals surface area (Å²) in [5, 5.41) is 3.15. The second kappa shape index (κ2) is 6.25. The van der Waals surface area contributed by atoms with Gasteiger partial charge in [-0.05, 0) is 37.0 Å². The van der Waals surface area contributed by atoms with Crippen molar-refractivity contribution >= 4 is 5.91 Å². The summed E-state index contributed by atoms with van der Waals surface area (Å²) >= 11 is 0. The van der Waals surface area contributed by atoms with Crippen molar-refractivity contribution in [2.24, 2.45) is 23.5 Å². The van der Waals surface area contributed by atoms with Crippen molar-refractivity contribution in [3.05, 3.63) is 0 Å². The van der Waals surface area contributed by atoms with Crippen molar-refractivity contribution in [3.63, 3.8) is 0 Å². The number of carbonyl (C=O) groups is 1. The zero-order valence-electron chi connectivity index (χ0n) is 12.6. The van der Waals surface area contributed by atoms with Crippen LogP contribution in [-0.4, -0.2) is 18.0 Å². The zero-order chi connectivity index (χ0) is 13.9. The molecular formula is C16H30N2O. The van der Waals surface area contributed by atoms with E-state index >= 15 is 0 Å². The maximum atomic E-state index is 12.4. The van der Waals surface area contributed by atoms with E-state index in [2.05, 4.69) is 19.2 Å². The number of rotatable bonds is 3. The van der Waals surface area contributed by atoms with Crippen LogP contribution in [0.1, 0.15) is 65.2 Å². The third-order valence-electron chi connectivity index (χ3n) is 5.30. The van der Waals surface area contributed by atoms with E-state index in [9.17, 15) is 4.79 Å². The third-order valence-corrected chi connectivity index (χ3v) is 5.30. The van der Waals surface area contributed by atoms with E-state index in [1.807, 2.05) is 0 Å². The third kappa shape index (κ3) is 3.71. The lowest BCUT2D eigenvalue weighted by molar-refractivity contribution is -0.128. The Kier molecular flexibility index (Phi) is 4.88. The number of hydrogen-bond donors (Lipinski definition) is 2. The van der Waals surface area contributed by atoms with Gasteiger partial charge in [-0.15, -0.1) is 0 Å². The van der Waals surface area contributed by atoms with Gasteiger partial charge in [0.25, 0.3) is 0 Å². The molecule has 0 radical (unpaired) electrons. The van der Waals surface area contributed by atoms with Gasteiger partial charge in [-0.2, -0.15) is 0 Å². The number of carbonyl (C=O) groups excluding carboxylic acids is 1. The Morgan fingerprint density at radius 2 is 1.95 bits per heavy atom. The van der Waals surface area contributed by atoms with Crippen molar-refractivity contribution in [3.8, 4) is 0 Å². The molecule has 0 bridgehead atoms. The molecule has 2 rings (SSSR count). The Balaban J connectivity index is 1.83. The van der Waals surface area contributed by atoms with Crippen LogP contribution in [0.25, 0.3) is 0 Å². The molecular weight excluding hydrogens is 236 g/mol. The minimum absolute atomic E-state index is 0.0943. The molecule has 0 saturated heterocycles. The molecule has 1 amide bonds. The Morgan fingerprint density at radius 1 is 1.21 bits per heavy atom. The molecule has 2 aliphatic rings. The molecule has 3 heteroatoms. The van der Waals surface area contributed by atoms with Gasteiger partial charge in [0.2, 0.25) is 5.91 Å². The summed E-state index contributed by atoms with van der Waals surface area (Å²) in [5.74, 6) is 2.07. The van der Waals surface area contributed by atoms with E-state index in [4.69, 9.17) is 5.73 Å². The molecule has 3 nitrogen and oxygen atoms in total. The van der Waals surface area contributed by atoms with Gasteiger partial charge in [0.15, 0.2) is 0 Å². The maximum absolute atomic E-state index is 12.4. The maximum Gasteiger partial charge on any atom is 0.240 e. The van der Waals surface area contributed by atoms with Crippen molar-refractivity contribution < 1.29 is 4.79 Å². The van der Waals surface area contributed by atoms with Gasteiger partial charge in [-0.3, -0.25) is 4.79 Å². The fourth-order valence-corrected chi connectivity index (χ4v) is 3.89. The topological polar surface area (TPSA) is 55.1 Å². The first-order valence-corrected chi connectivity index (χ1v) is 8.08. The summed E-state index contributed by atoms with van der Waals surface area (Å²) < 4.78 is 0. The van der Waals surface area contributed by atoms with Gasteiger partial charge in [0, 0.05) is 6.54 Å². The fraction of sp³-hybridized carbons (Fsp3) is 0.938. The SMILES string of the molecule is CC1CCCC(N)(C(=O)NCC2CCCCC2C)C1. The van der Waals surface area contributed by atoms with Crippen LogP contribution in [0.15, 0.2) is 0 Å². The van der Waals surface area contributed by atoms with E-state index in [1.165, 1.54) is 32.1 Å². The molecule has 0 aromatic carbocycles. The van der Waals surface area contributed by atoms with Crippen molar-refractivity contribution in [2.75, 3.05) is 6.54 Å². The molecule has 0 spiro atoms. The van der Waals surface area contributed by atoms with Crippen LogP contribution in [-0.2, 0) is 4.79 Å². The predicted molar refractivity (Wildman–Crippen MR) is 78.7 cm³/mol. The molecule has 0 aliphatic heterocycles. The molecule has 4 atom stereocenters. The largest absolute Gasteiger partial charge is 0.354 e. The van der Waals surface area contributed by atoms with Gasteiger partial charge in [0.1, 0.15) is 0 Å². The summed E-state index contributed by atoms with van der Waals surface area (Å²) in [6.07, 6.45) is 9.24. The van der Waals surface area contributed by atoms with Crippen LogP contribution in [0, 0.1) is 17.8 Å². The monoisotopic (exact) mass is 266 g/mol. The number of hydrogen-bond acceptors (Lipinski definition) is 2. The summed E-state index contributed by atoms with van der Waals surface area (Å²) in [6, 6.07) is 0. The highest BCUT2D eigenvalue weighted by Crippen LogP contribution is 2.31. The lowest BCUT2D eigenvalue weighted by atomic mass is 9.76. The van der Waals surface area contributed by atoms with Gasteiger partial charge in [-0.1, -0.05) is 46.0 Å². The first-order valence-electron chi connectivity index (χ1n) is 8.08. The number of nitrogens with two attached hydrogens (primary N) is 1. The van der Waals surface area contributed by atoms with Gasteiger partial charge >= 0.3 is 0 Å². The quantitative estimate of drug-likeness (QED) is 0.825. The van der Waals surface area contributed by atoms with Crippen LogP contribution in [0.3, 0.4) is 0 Å². The van der Waals surface area contributed by atoms with Gasteiger partial charge < -0.3 is 11.1 Å². The Hall–Kier alpha value is -0.570. The Bertz CT molecular complexity index is 318. The van der Waals surface area contributed by atoms with Crippen LogP contribution >= 0.6 is 0 Å². The minimum atomic E-state index is -0.602. The molecule has 19 heavy (non-hydrogen) atoms. The van der Waals surface area contributed by atoms with Crippen LogP contribution in [0.2, 0.25) is 0 Å². The number of nitrogens with one attached hydrogen (secondary N) is 1. The summed E-state index contributed by atoms with van der Waals surface area (Å²) in [6.45, 7) is 5.35. The van der Waals surface area contributed by atoms with E-state index in [0.717, 1.165) is 31.7 Å². The first kappa shape index (κ1) is 14.8. The lowest BCUT2D eigenvalue weighted by Crippen LogP contribution is -2.57. The molecule has 2 saturated carbocycles. The molecule has 0 aromatic heterocycles. The Morgan fingerprint density at radius 3 is 2.63 bits per heavy atom.